The number of likely N-dealkylation sites (tertiary alicyclic amines) is 2. The maximum atomic E-state index is 13.6. The lowest BCUT2D eigenvalue weighted by Crippen LogP contribution is -2.61. The summed E-state index contributed by atoms with van der Waals surface area (Å²) >= 11 is 0. The van der Waals surface area contributed by atoms with Gasteiger partial charge in [0.2, 0.25) is 5.91 Å². The van der Waals surface area contributed by atoms with Crippen LogP contribution in [0.1, 0.15) is 41.7 Å². The summed E-state index contributed by atoms with van der Waals surface area (Å²) in [5.74, 6) is -0.0441. The molecule has 3 heterocycles. The van der Waals surface area contributed by atoms with Crippen molar-refractivity contribution < 1.29 is 9.59 Å². The fourth-order valence-electron chi connectivity index (χ4n) is 5.02. The highest BCUT2D eigenvalue weighted by atomic mass is 16.2. The second-order valence-corrected chi connectivity index (χ2v) is 8.32. The molecule has 2 aliphatic heterocycles. The molecule has 1 unspecified atom stereocenters. The van der Waals surface area contributed by atoms with E-state index in [4.69, 9.17) is 0 Å². The molecular weight excluding hydrogens is 374 g/mol. The number of fused-ring (bicyclic) bond motifs is 1. The average molecular weight is 399 g/mol. The molecule has 0 bridgehead atoms. The first-order valence-corrected chi connectivity index (χ1v) is 10.7. The number of carbonyl (C=O) groups is 2. The monoisotopic (exact) mass is 399 g/mol. The van der Waals surface area contributed by atoms with Crippen LogP contribution in [0.15, 0.2) is 66.9 Å². The van der Waals surface area contributed by atoms with Gasteiger partial charge in [-0.1, -0.05) is 54.6 Å². The van der Waals surface area contributed by atoms with Crippen LogP contribution in [0, 0.1) is 0 Å². The highest BCUT2D eigenvalue weighted by molar-refractivity contribution is 6.00. The summed E-state index contributed by atoms with van der Waals surface area (Å²) in [7, 11) is 0. The number of hydrogen-bond donors (Lipinski definition) is 0. The molecule has 1 spiro atoms. The largest absolute Gasteiger partial charge is 0.336 e. The van der Waals surface area contributed by atoms with E-state index in [9.17, 15) is 9.59 Å². The number of rotatable bonds is 3. The molecule has 2 saturated heterocycles. The standard InChI is InChI=1S/C25H25N3O2/c29-23(22-16-20-10-4-5-11-21(20)17-26-22)28-15-7-13-25(28)12-6-14-27(24(25)30)18-19-8-2-1-3-9-19/h1-5,8-11,16-17H,6-7,12-15,18H2. The van der Waals surface area contributed by atoms with E-state index in [2.05, 4.69) is 4.98 Å². The lowest BCUT2D eigenvalue weighted by atomic mass is 9.85. The van der Waals surface area contributed by atoms with Crippen molar-refractivity contribution in [2.75, 3.05) is 13.1 Å². The number of carbonyl (C=O) groups excluding carboxylic acids is 2. The zero-order valence-corrected chi connectivity index (χ0v) is 17.0. The first-order chi connectivity index (χ1) is 14.7. The molecule has 1 aromatic heterocycles. The smallest absolute Gasteiger partial charge is 0.273 e. The van der Waals surface area contributed by atoms with Crippen LogP contribution in [0.5, 0.6) is 0 Å². The molecule has 2 aliphatic rings. The molecule has 5 rings (SSSR count). The third kappa shape index (κ3) is 3.15. The maximum absolute atomic E-state index is 13.6. The molecular formula is C25H25N3O2. The topological polar surface area (TPSA) is 53.5 Å². The van der Waals surface area contributed by atoms with E-state index >= 15 is 0 Å². The minimum Gasteiger partial charge on any atom is -0.336 e. The number of nitrogens with zero attached hydrogens (tertiary/aromatic N) is 3. The third-order valence-corrected chi connectivity index (χ3v) is 6.50. The van der Waals surface area contributed by atoms with Gasteiger partial charge in [0.1, 0.15) is 11.2 Å². The van der Waals surface area contributed by atoms with Gasteiger partial charge in [-0.3, -0.25) is 14.6 Å². The fourth-order valence-corrected chi connectivity index (χ4v) is 5.02. The van der Waals surface area contributed by atoms with E-state index in [1.54, 1.807) is 6.20 Å². The summed E-state index contributed by atoms with van der Waals surface area (Å²) in [6.45, 7) is 1.95. The maximum Gasteiger partial charge on any atom is 0.273 e. The van der Waals surface area contributed by atoms with Crippen LogP contribution in [-0.4, -0.2) is 45.2 Å². The molecule has 3 aromatic rings. The van der Waals surface area contributed by atoms with Crippen molar-refractivity contribution in [1.29, 1.82) is 0 Å². The predicted molar refractivity (Wildman–Crippen MR) is 116 cm³/mol. The Labute approximate surface area is 176 Å². The zero-order chi connectivity index (χ0) is 20.6. The van der Waals surface area contributed by atoms with Gasteiger partial charge in [0, 0.05) is 31.2 Å². The molecule has 0 saturated carbocycles. The van der Waals surface area contributed by atoms with E-state index in [0.29, 0.717) is 18.8 Å². The van der Waals surface area contributed by atoms with E-state index in [0.717, 1.165) is 48.6 Å². The Hall–Kier alpha value is -3.21. The van der Waals surface area contributed by atoms with Gasteiger partial charge in [-0.15, -0.1) is 0 Å². The summed E-state index contributed by atoms with van der Waals surface area (Å²) in [6, 6.07) is 19.8. The Morgan fingerprint density at radius 2 is 1.63 bits per heavy atom. The van der Waals surface area contributed by atoms with Gasteiger partial charge in [0.25, 0.3) is 5.91 Å². The van der Waals surface area contributed by atoms with E-state index in [1.165, 1.54) is 0 Å². The Morgan fingerprint density at radius 1 is 0.933 bits per heavy atom. The van der Waals surface area contributed by atoms with Crippen molar-refractivity contribution in [3.8, 4) is 0 Å². The van der Waals surface area contributed by atoms with Gasteiger partial charge in [0.05, 0.1) is 0 Å². The molecule has 152 valence electrons. The minimum atomic E-state index is -0.725. The highest BCUT2D eigenvalue weighted by Gasteiger charge is 2.52. The lowest BCUT2D eigenvalue weighted by Gasteiger charge is -2.44. The third-order valence-electron chi connectivity index (χ3n) is 6.50. The summed E-state index contributed by atoms with van der Waals surface area (Å²) in [6.07, 6.45) is 4.97. The second-order valence-electron chi connectivity index (χ2n) is 8.32. The minimum absolute atomic E-state index is 0.0873. The van der Waals surface area contributed by atoms with Gasteiger partial charge in [-0.25, -0.2) is 0 Å². The Balaban J connectivity index is 1.43. The first-order valence-electron chi connectivity index (χ1n) is 10.7. The molecule has 5 heteroatoms. The van der Waals surface area contributed by atoms with Crippen molar-refractivity contribution in [1.82, 2.24) is 14.8 Å². The van der Waals surface area contributed by atoms with Gasteiger partial charge in [0.15, 0.2) is 0 Å². The van der Waals surface area contributed by atoms with Crippen molar-refractivity contribution in [3.05, 3.63) is 78.1 Å². The number of pyridine rings is 1. The SMILES string of the molecule is O=C(c1cc2ccccc2cn1)N1CCCC12CCCN(Cc1ccccc1)C2=O. The molecule has 0 N–H and O–H groups in total. The van der Waals surface area contributed by atoms with Gasteiger partial charge in [-0.2, -0.15) is 0 Å². The normalized spacial score (nSPS) is 21.5. The van der Waals surface area contributed by atoms with Crippen molar-refractivity contribution in [3.63, 3.8) is 0 Å². The zero-order valence-electron chi connectivity index (χ0n) is 17.0. The molecule has 2 fully saturated rings. The lowest BCUT2D eigenvalue weighted by molar-refractivity contribution is -0.146. The summed E-state index contributed by atoms with van der Waals surface area (Å²) in [5, 5.41) is 2.00. The van der Waals surface area contributed by atoms with Crippen molar-refractivity contribution in [2.45, 2.75) is 37.8 Å². The van der Waals surface area contributed by atoms with Gasteiger partial charge in [-0.05, 0) is 42.7 Å². The molecule has 1 atom stereocenters. The van der Waals surface area contributed by atoms with Crippen LogP contribution in [0.4, 0.5) is 0 Å². The van der Waals surface area contributed by atoms with Crippen LogP contribution >= 0.6 is 0 Å². The molecule has 2 aromatic carbocycles. The molecule has 30 heavy (non-hydrogen) atoms. The summed E-state index contributed by atoms with van der Waals surface area (Å²) in [5.41, 5.74) is 0.815. The first kappa shape index (κ1) is 18.8. The summed E-state index contributed by atoms with van der Waals surface area (Å²) < 4.78 is 0. The van der Waals surface area contributed by atoms with Crippen molar-refractivity contribution >= 4 is 22.6 Å². The molecule has 0 aliphatic carbocycles. The number of hydrogen-bond acceptors (Lipinski definition) is 3. The molecule has 0 radical (unpaired) electrons. The van der Waals surface area contributed by atoms with E-state index in [-0.39, 0.29) is 11.8 Å². The van der Waals surface area contributed by atoms with Gasteiger partial charge < -0.3 is 9.80 Å². The molecule has 5 nitrogen and oxygen atoms in total. The predicted octanol–water partition coefficient (Wildman–Crippen LogP) is 4.03. The summed E-state index contributed by atoms with van der Waals surface area (Å²) in [4.78, 5) is 35.3. The second kappa shape index (κ2) is 7.56. The fraction of sp³-hybridized carbons (Fsp3) is 0.320. The Bertz CT molecular complexity index is 1100. The Kier molecular flexibility index (Phi) is 4.74. The number of piperidine rings is 1. The van der Waals surface area contributed by atoms with Crippen LogP contribution in [0.3, 0.4) is 0 Å². The quantitative estimate of drug-likeness (QED) is 0.668. The van der Waals surface area contributed by atoms with E-state index in [1.807, 2.05) is 70.5 Å². The molecule has 2 amide bonds. The number of amides is 2. The van der Waals surface area contributed by atoms with Crippen LogP contribution < -0.4 is 0 Å². The Morgan fingerprint density at radius 3 is 2.43 bits per heavy atom. The number of benzene rings is 2. The van der Waals surface area contributed by atoms with Crippen LogP contribution in [-0.2, 0) is 11.3 Å². The van der Waals surface area contributed by atoms with Crippen molar-refractivity contribution in [2.24, 2.45) is 0 Å². The number of aromatic nitrogens is 1. The van der Waals surface area contributed by atoms with Crippen LogP contribution in [0.2, 0.25) is 0 Å². The van der Waals surface area contributed by atoms with Gasteiger partial charge >= 0.3 is 0 Å². The average Bonchev–Trinajstić information content (AvgIpc) is 3.21. The highest BCUT2D eigenvalue weighted by Crippen LogP contribution is 2.39. The van der Waals surface area contributed by atoms with E-state index < -0.39 is 5.54 Å². The van der Waals surface area contributed by atoms with Crippen LogP contribution in [0.25, 0.3) is 10.8 Å².